The summed E-state index contributed by atoms with van der Waals surface area (Å²) < 4.78 is 5.12. The van der Waals surface area contributed by atoms with E-state index in [2.05, 4.69) is 25.5 Å². The Morgan fingerprint density at radius 3 is 2.64 bits per heavy atom. The van der Waals surface area contributed by atoms with Gasteiger partial charge in [-0.25, -0.2) is 9.97 Å². The van der Waals surface area contributed by atoms with Gasteiger partial charge in [0.1, 0.15) is 11.4 Å². The maximum atomic E-state index is 12.3. The fourth-order valence-electron chi connectivity index (χ4n) is 2.18. The zero-order valence-corrected chi connectivity index (χ0v) is 15.0. The monoisotopic (exact) mass is 343 g/mol. The minimum Gasteiger partial charge on any atom is -0.497 e. The van der Waals surface area contributed by atoms with Gasteiger partial charge in [0.2, 0.25) is 5.95 Å². The van der Waals surface area contributed by atoms with E-state index in [0.717, 1.165) is 30.8 Å². The van der Waals surface area contributed by atoms with Crippen LogP contribution in [0.1, 0.15) is 22.5 Å². The average molecular weight is 343 g/mol. The van der Waals surface area contributed by atoms with Gasteiger partial charge >= 0.3 is 0 Å². The molecule has 0 saturated heterocycles. The predicted octanol–water partition coefficient (Wildman–Crippen LogP) is 1.78. The molecule has 2 N–H and O–H groups in total. The van der Waals surface area contributed by atoms with Crippen molar-refractivity contribution in [3.05, 3.63) is 47.8 Å². The van der Waals surface area contributed by atoms with Gasteiger partial charge in [0.25, 0.3) is 5.91 Å². The summed E-state index contributed by atoms with van der Waals surface area (Å²) in [5, 5.41) is 6.00. The molecule has 0 saturated carbocycles. The number of carbonyl (C=O) groups is 1. The Hall–Kier alpha value is -2.67. The number of methoxy groups -OCH3 is 1. The minimum absolute atomic E-state index is 0.227. The van der Waals surface area contributed by atoms with Gasteiger partial charge in [0.15, 0.2) is 0 Å². The molecule has 1 amide bonds. The molecule has 1 heterocycles. The van der Waals surface area contributed by atoms with Crippen LogP contribution in [0, 0.1) is 0 Å². The van der Waals surface area contributed by atoms with Crippen LogP contribution in [-0.4, -0.2) is 55.1 Å². The van der Waals surface area contributed by atoms with Crippen molar-refractivity contribution in [2.75, 3.05) is 39.6 Å². The highest BCUT2D eigenvalue weighted by Crippen LogP contribution is 2.11. The highest BCUT2D eigenvalue weighted by Gasteiger charge is 2.08. The molecule has 0 spiro atoms. The molecule has 0 aliphatic rings. The van der Waals surface area contributed by atoms with E-state index in [1.807, 2.05) is 38.4 Å². The molecule has 1 aromatic heterocycles. The van der Waals surface area contributed by atoms with E-state index in [1.165, 1.54) is 0 Å². The largest absolute Gasteiger partial charge is 0.497 e. The van der Waals surface area contributed by atoms with Gasteiger partial charge in [0.05, 0.1) is 7.11 Å². The number of anilines is 1. The van der Waals surface area contributed by atoms with Crippen LogP contribution in [0.15, 0.2) is 36.5 Å². The molecule has 0 fully saturated rings. The zero-order valence-electron chi connectivity index (χ0n) is 15.0. The van der Waals surface area contributed by atoms with Gasteiger partial charge in [-0.1, -0.05) is 12.1 Å². The minimum atomic E-state index is -0.227. The Morgan fingerprint density at radius 1 is 1.20 bits per heavy atom. The standard InChI is InChI=1S/C18H25N5O2/c1-23(2)12-4-10-19-18-20-11-9-16(22-18)17(24)21-13-14-5-7-15(25-3)8-6-14/h5-9,11H,4,10,12-13H2,1-3H3,(H,21,24)(H,19,20,22). The molecular formula is C18H25N5O2. The van der Waals surface area contributed by atoms with Crippen molar-refractivity contribution in [2.45, 2.75) is 13.0 Å². The van der Waals surface area contributed by atoms with Crippen LogP contribution in [0.25, 0.3) is 0 Å². The molecule has 0 radical (unpaired) electrons. The van der Waals surface area contributed by atoms with Gasteiger partial charge < -0.3 is 20.3 Å². The highest BCUT2D eigenvalue weighted by molar-refractivity contribution is 5.92. The number of carbonyl (C=O) groups excluding carboxylic acids is 1. The molecule has 134 valence electrons. The number of benzene rings is 1. The molecule has 0 unspecified atom stereocenters. The summed E-state index contributed by atoms with van der Waals surface area (Å²) in [6.07, 6.45) is 2.56. The van der Waals surface area contributed by atoms with E-state index >= 15 is 0 Å². The van der Waals surface area contributed by atoms with Crippen LogP contribution < -0.4 is 15.4 Å². The van der Waals surface area contributed by atoms with Crippen molar-refractivity contribution < 1.29 is 9.53 Å². The summed E-state index contributed by atoms with van der Waals surface area (Å²) in [6, 6.07) is 9.16. The second kappa shape index (κ2) is 9.58. The third kappa shape index (κ3) is 6.39. The van der Waals surface area contributed by atoms with E-state index in [9.17, 15) is 4.79 Å². The fourth-order valence-corrected chi connectivity index (χ4v) is 2.18. The predicted molar refractivity (Wildman–Crippen MR) is 97.9 cm³/mol. The lowest BCUT2D eigenvalue weighted by Crippen LogP contribution is -2.24. The Bertz CT molecular complexity index is 673. The van der Waals surface area contributed by atoms with Gasteiger partial charge in [-0.15, -0.1) is 0 Å². The van der Waals surface area contributed by atoms with Crippen LogP contribution >= 0.6 is 0 Å². The number of hydrogen-bond donors (Lipinski definition) is 2. The fraction of sp³-hybridized carbons (Fsp3) is 0.389. The number of ether oxygens (including phenoxy) is 1. The summed E-state index contributed by atoms with van der Waals surface area (Å²) >= 11 is 0. The Kier molecular flexibility index (Phi) is 7.16. The van der Waals surface area contributed by atoms with Crippen molar-refractivity contribution in [3.8, 4) is 5.75 Å². The van der Waals surface area contributed by atoms with Crippen molar-refractivity contribution in [3.63, 3.8) is 0 Å². The van der Waals surface area contributed by atoms with Crippen LogP contribution in [0.4, 0.5) is 5.95 Å². The van der Waals surface area contributed by atoms with Gasteiger partial charge in [-0.05, 0) is 50.8 Å². The number of rotatable bonds is 9. The van der Waals surface area contributed by atoms with Gasteiger partial charge in [-0.3, -0.25) is 4.79 Å². The lowest BCUT2D eigenvalue weighted by Gasteiger charge is -2.10. The zero-order chi connectivity index (χ0) is 18.1. The smallest absolute Gasteiger partial charge is 0.270 e. The average Bonchev–Trinajstić information content (AvgIpc) is 2.64. The van der Waals surface area contributed by atoms with E-state index < -0.39 is 0 Å². The quantitative estimate of drug-likeness (QED) is 0.676. The number of aromatic nitrogens is 2. The van der Waals surface area contributed by atoms with Crippen LogP contribution in [0.3, 0.4) is 0 Å². The van der Waals surface area contributed by atoms with Crippen molar-refractivity contribution >= 4 is 11.9 Å². The molecule has 0 bridgehead atoms. The third-order valence-corrected chi connectivity index (χ3v) is 3.57. The van der Waals surface area contributed by atoms with Gasteiger partial charge in [0, 0.05) is 19.3 Å². The lowest BCUT2D eigenvalue weighted by molar-refractivity contribution is 0.0946. The first kappa shape index (κ1) is 18.7. The van der Waals surface area contributed by atoms with Crippen LogP contribution in [0.5, 0.6) is 5.75 Å². The van der Waals surface area contributed by atoms with Gasteiger partial charge in [-0.2, -0.15) is 0 Å². The van der Waals surface area contributed by atoms with Crippen molar-refractivity contribution in [2.24, 2.45) is 0 Å². The second-order valence-corrected chi connectivity index (χ2v) is 5.88. The maximum absolute atomic E-state index is 12.3. The molecule has 1 aromatic carbocycles. The first-order chi connectivity index (χ1) is 12.1. The Balaban J connectivity index is 1.85. The molecule has 0 aliphatic carbocycles. The number of nitrogens with one attached hydrogen (secondary N) is 2. The normalized spacial score (nSPS) is 10.6. The molecule has 2 rings (SSSR count). The summed E-state index contributed by atoms with van der Waals surface area (Å²) in [5.41, 5.74) is 1.34. The van der Waals surface area contributed by atoms with Crippen LogP contribution in [0.2, 0.25) is 0 Å². The molecular weight excluding hydrogens is 318 g/mol. The van der Waals surface area contributed by atoms with Crippen molar-refractivity contribution in [1.82, 2.24) is 20.2 Å². The Morgan fingerprint density at radius 2 is 1.96 bits per heavy atom. The maximum Gasteiger partial charge on any atom is 0.270 e. The first-order valence-corrected chi connectivity index (χ1v) is 8.21. The topological polar surface area (TPSA) is 79.4 Å². The first-order valence-electron chi connectivity index (χ1n) is 8.21. The Labute approximate surface area is 148 Å². The number of nitrogens with zero attached hydrogens (tertiary/aromatic N) is 3. The van der Waals surface area contributed by atoms with Crippen molar-refractivity contribution in [1.29, 1.82) is 0 Å². The third-order valence-electron chi connectivity index (χ3n) is 3.57. The molecule has 0 atom stereocenters. The van der Waals surface area contributed by atoms with Crippen LogP contribution in [-0.2, 0) is 6.54 Å². The van der Waals surface area contributed by atoms with E-state index in [0.29, 0.717) is 18.2 Å². The van der Waals surface area contributed by atoms with E-state index in [-0.39, 0.29) is 5.91 Å². The summed E-state index contributed by atoms with van der Waals surface area (Å²) in [5.74, 6) is 1.03. The summed E-state index contributed by atoms with van der Waals surface area (Å²) in [6.45, 7) is 2.17. The second-order valence-electron chi connectivity index (χ2n) is 5.88. The SMILES string of the molecule is COc1ccc(CNC(=O)c2ccnc(NCCCN(C)C)n2)cc1. The molecule has 7 heteroatoms. The molecule has 2 aromatic rings. The number of hydrogen-bond acceptors (Lipinski definition) is 6. The molecule has 7 nitrogen and oxygen atoms in total. The summed E-state index contributed by atoms with van der Waals surface area (Å²) in [7, 11) is 5.69. The summed E-state index contributed by atoms with van der Waals surface area (Å²) in [4.78, 5) is 22.8. The lowest BCUT2D eigenvalue weighted by atomic mass is 10.2. The van der Waals surface area contributed by atoms with E-state index in [1.54, 1.807) is 19.4 Å². The van der Waals surface area contributed by atoms with E-state index in [4.69, 9.17) is 4.74 Å². The highest BCUT2D eigenvalue weighted by atomic mass is 16.5. The molecule has 25 heavy (non-hydrogen) atoms. The molecule has 0 aliphatic heterocycles. The number of amides is 1.